The lowest BCUT2D eigenvalue weighted by molar-refractivity contribution is -0.717. The Bertz CT molecular complexity index is 2110. The highest BCUT2D eigenvalue weighted by Crippen LogP contribution is 2.44. The van der Waals surface area contributed by atoms with Crippen molar-refractivity contribution in [3.63, 3.8) is 0 Å². The zero-order chi connectivity index (χ0) is 33.9. The Morgan fingerprint density at radius 3 is 2.52 bits per heavy atom. The number of nitrogens with zero attached hydrogens (tertiary/aromatic N) is 3. The second-order valence-corrected chi connectivity index (χ2v) is 20.9. The molecule has 2 aromatic carbocycles. The molecule has 2 aliphatic rings. The lowest BCUT2D eigenvalue weighted by Crippen LogP contribution is -2.54. The number of aliphatic imine (C=N–C) groups is 1. The van der Waals surface area contributed by atoms with Gasteiger partial charge in [0, 0.05) is 51.2 Å². The first-order valence-corrected chi connectivity index (χ1v) is 21.3. The van der Waals surface area contributed by atoms with E-state index in [0.29, 0.717) is 30.0 Å². The summed E-state index contributed by atoms with van der Waals surface area (Å²) in [6.07, 6.45) is 8.36. The van der Waals surface area contributed by atoms with Gasteiger partial charge in [-0.1, -0.05) is 90.8 Å². The molecule has 5 heterocycles. The third kappa shape index (κ3) is 5.70. The van der Waals surface area contributed by atoms with Crippen LogP contribution in [0.15, 0.2) is 95.0 Å². The van der Waals surface area contributed by atoms with Crippen LogP contribution < -0.4 is 9.75 Å². The van der Waals surface area contributed by atoms with Gasteiger partial charge >= 0.3 is 0 Å². The van der Waals surface area contributed by atoms with Gasteiger partial charge in [-0.25, -0.2) is 4.98 Å². The van der Waals surface area contributed by atoms with Crippen LogP contribution in [0.3, 0.4) is 0 Å². The summed E-state index contributed by atoms with van der Waals surface area (Å²) in [4.78, 5) is 10.1. The molecule has 0 saturated heterocycles. The summed E-state index contributed by atoms with van der Waals surface area (Å²) in [6.45, 7) is 25.9. The predicted molar refractivity (Wildman–Crippen MR) is 205 cm³/mol. The number of aromatic nitrogens is 2. The van der Waals surface area contributed by atoms with E-state index in [2.05, 4.69) is 126 Å². The lowest BCUT2D eigenvalue weighted by atomic mass is 9.77. The van der Waals surface area contributed by atoms with Gasteiger partial charge in [0.05, 0.1) is 20.3 Å². The monoisotopic (exact) mass is 652 g/mol. The summed E-state index contributed by atoms with van der Waals surface area (Å²) in [5.41, 5.74) is 12.6. The minimum absolute atomic E-state index is 0.267. The fourth-order valence-corrected chi connectivity index (χ4v) is 9.79. The molecule has 2 atom stereocenters. The quantitative estimate of drug-likeness (QED) is 0.108. The van der Waals surface area contributed by atoms with Crippen LogP contribution in [-0.2, 0) is 12.8 Å². The first-order chi connectivity index (χ1) is 22.9. The van der Waals surface area contributed by atoms with Crippen molar-refractivity contribution in [2.45, 2.75) is 90.9 Å². The van der Waals surface area contributed by atoms with Crippen LogP contribution in [0, 0.1) is 5.92 Å². The molecular formula is C43H50N3OSi+. The minimum Gasteiger partial charge on any atom is -0.437 e. The Morgan fingerprint density at radius 1 is 1.02 bits per heavy atom. The van der Waals surface area contributed by atoms with E-state index in [9.17, 15) is 0 Å². The number of allylic oxidation sites excluding steroid dienone is 1. The second-order valence-electron chi connectivity index (χ2n) is 15.8. The van der Waals surface area contributed by atoms with Gasteiger partial charge < -0.3 is 4.42 Å². The molecule has 48 heavy (non-hydrogen) atoms. The highest BCUT2D eigenvalue weighted by molar-refractivity contribution is 6.89. The highest BCUT2D eigenvalue weighted by Gasteiger charge is 2.42. The first-order valence-electron chi connectivity index (χ1n) is 17.8. The van der Waals surface area contributed by atoms with E-state index in [1.165, 1.54) is 27.9 Å². The summed E-state index contributed by atoms with van der Waals surface area (Å²) in [6, 6.07) is 20.8. The van der Waals surface area contributed by atoms with Crippen LogP contribution in [0.25, 0.3) is 33.3 Å². The maximum atomic E-state index is 6.63. The molecular weight excluding hydrogens is 603 g/mol. The van der Waals surface area contributed by atoms with Crippen LogP contribution in [0.1, 0.15) is 86.4 Å². The third-order valence-electron chi connectivity index (χ3n) is 10.4. The van der Waals surface area contributed by atoms with Gasteiger partial charge in [0.2, 0.25) is 11.4 Å². The topological polar surface area (TPSA) is 42.3 Å². The maximum Gasteiger partial charge on any atom is 0.227 e. The normalized spacial score (nSPS) is 18.3. The summed E-state index contributed by atoms with van der Waals surface area (Å²) in [5, 5.41) is 3.71. The molecule has 5 heteroatoms. The molecule has 2 unspecified atom stereocenters. The molecule has 4 nitrogen and oxygen atoms in total. The Labute approximate surface area is 287 Å². The highest BCUT2D eigenvalue weighted by atomic mass is 28.3. The number of hydrogen-bond donors (Lipinski definition) is 0. The number of pyridine rings is 2. The van der Waals surface area contributed by atoms with Crippen LogP contribution in [0.4, 0.5) is 0 Å². The van der Waals surface area contributed by atoms with Crippen LogP contribution in [0.2, 0.25) is 19.6 Å². The largest absolute Gasteiger partial charge is 0.437 e. The number of hydrogen-bond acceptors (Lipinski definition) is 3. The molecule has 0 saturated carbocycles. The molecule has 0 amide bonds. The van der Waals surface area contributed by atoms with E-state index in [4.69, 9.17) is 14.4 Å². The van der Waals surface area contributed by atoms with E-state index < -0.39 is 8.07 Å². The van der Waals surface area contributed by atoms with E-state index >= 15 is 0 Å². The van der Waals surface area contributed by atoms with E-state index in [1.54, 1.807) is 5.19 Å². The van der Waals surface area contributed by atoms with Crippen LogP contribution in [-0.4, -0.2) is 25.3 Å². The van der Waals surface area contributed by atoms with Crippen molar-refractivity contribution in [3.8, 4) is 11.3 Å². The van der Waals surface area contributed by atoms with Crippen molar-refractivity contribution in [1.82, 2.24) is 4.98 Å². The number of benzene rings is 2. The number of rotatable bonds is 5. The van der Waals surface area contributed by atoms with Crippen molar-refractivity contribution in [1.29, 1.82) is 0 Å². The molecule has 0 bridgehead atoms. The molecule has 0 aliphatic carbocycles. The SMILES string of the molecule is C=CC1=NCC(=C)CC2C(CCc3ccc4c(oc5nc(C(C)C)ccc54)c31)c1ccccc1-c1cc(CC(C)C)c([Si](C)(C)C)c[n+]12. The lowest BCUT2D eigenvalue weighted by Gasteiger charge is -2.33. The molecule has 5 aromatic rings. The summed E-state index contributed by atoms with van der Waals surface area (Å²) in [5.74, 6) is 1.27. The fourth-order valence-electron chi connectivity index (χ4n) is 8.13. The standard InChI is InChI=1S/C43H50N3OSi/c1-10-36-41-29(16-18-34-35-19-20-37(27(4)5)45-43(35)47-42(34)41)15-17-33-31-13-11-12-14-32(31)39-23-30(21-26(2)3)40(48(7,8)9)25-46(39)38(33)22-28(6)24-44-36/h10-14,16,18-20,23,25-27,33,38H,1,6,15,17,21-22,24H2,2-5,7-9H3/q+1. The molecule has 0 N–H and O–H groups in total. The zero-order valence-electron chi connectivity index (χ0n) is 29.9. The first kappa shape index (κ1) is 32.5. The summed E-state index contributed by atoms with van der Waals surface area (Å²) >= 11 is 0. The number of aryl methyl sites for hydroxylation is 1. The average Bonchev–Trinajstić information content (AvgIpc) is 3.41. The van der Waals surface area contributed by atoms with Gasteiger partial charge in [0.1, 0.15) is 5.58 Å². The summed E-state index contributed by atoms with van der Waals surface area (Å²) < 4.78 is 9.28. The van der Waals surface area contributed by atoms with Gasteiger partial charge in [-0.3, -0.25) is 4.99 Å². The number of fused-ring (bicyclic) bond motifs is 11. The van der Waals surface area contributed by atoms with Crippen molar-refractivity contribution >= 4 is 41.0 Å². The van der Waals surface area contributed by atoms with E-state index in [1.807, 2.05) is 6.08 Å². The van der Waals surface area contributed by atoms with E-state index in [0.717, 1.165) is 64.6 Å². The minimum atomic E-state index is -1.62. The summed E-state index contributed by atoms with van der Waals surface area (Å²) in [7, 11) is -1.62. The van der Waals surface area contributed by atoms with Crippen molar-refractivity contribution < 1.29 is 8.98 Å². The molecule has 2 aliphatic heterocycles. The Hall–Kier alpha value is -4.09. The Morgan fingerprint density at radius 2 is 1.79 bits per heavy atom. The average molecular weight is 653 g/mol. The molecule has 0 radical (unpaired) electrons. The van der Waals surface area contributed by atoms with Crippen molar-refractivity contribution in [2.75, 3.05) is 6.54 Å². The molecule has 0 spiro atoms. The van der Waals surface area contributed by atoms with Crippen molar-refractivity contribution in [2.24, 2.45) is 10.9 Å². The fraction of sp³-hybridized carbons (Fsp3) is 0.372. The molecule has 246 valence electrons. The van der Waals surface area contributed by atoms with Gasteiger partial charge in [0.25, 0.3) is 0 Å². The maximum absolute atomic E-state index is 6.63. The van der Waals surface area contributed by atoms with Crippen LogP contribution in [0.5, 0.6) is 0 Å². The predicted octanol–water partition coefficient (Wildman–Crippen LogP) is 10.0. The van der Waals surface area contributed by atoms with E-state index in [-0.39, 0.29) is 6.04 Å². The zero-order valence-corrected chi connectivity index (χ0v) is 30.9. The second kappa shape index (κ2) is 12.4. The van der Waals surface area contributed by atoms with Crippen molar-refractivity contribution in [3.05, 3.63) is 114 Å². The number of furan rings is 1. The third-order valence-corrected chi connectivity index (χ3v) is 12.5. The van der Waals surface area contributed by atoms with Gasteiger partial charge in [-0.05, 0) is 77.6 Å². The van der Waals surface area contributed by atoms with Crippen LogP contribution >= 0.6 is 0 Å². The molecule has 3 aromatic heterocycles. The Balaban J connectivity index is 1.40. The van der Waals surface area contributed by atoms with Gasteiger partial charge in [-0.15, -0.1) is 0 Å². The van der Waals surface area contributed by atoms with Gasteiger partial charge in [0.15, 0.2) is 12.2 Å². The van der Waals surface area contributed by atoms with Gasteiger partial charge in [-0.2, -0.15) is 4.57 Å². The Kier molecular flexibility index (Phi) is 8.39. The molecule has 0 fully saturated rings. The smallest absolute Gasteiger partial charge is 0.227 e. The molecule has 7 rings (SSSR count).